The number of aromatic nitrogens is 1. The number of anilines is 1. The molecule has 0 saturated heterocycles. The van der Waals surface area contributed by atoms with Crippen molar-refractivity contribution in [1.29, 1.82) is 0 Å². The lowest BCUT2D eigenvalue weighted by molar-refractivity contribution is -0.141. The van der Waals surface area contributed by atoms with Crippen molar-refractivity contribution in [2.24, 2.45) is 28.5 Å². The molecule has 2 amide bonds. The number of carbonyl (C=O) groups is 3. The summed E-state index contributed by atoms with van der Waals surface area (Å²) < 4.78 is 92.6. The van der Waals surface area contributed by atoms with Gasteiger partial charge in [-0.1, -0.05) is 61.4 Å². The Morgan fingerprint density at radius 2 is 1.60 bits per heavy atom. The number of para-hydroxylation sites is 1. The quantitative estimate of drug-likeness (QED) is 0.0721. The van der Waals surface area contributed by atoms with Crippen LogP contribution < -0.4 is 16.0 Å². The van der Waals surface area contributed by atoms with E-state index in [1.807, 2.05) is 0 Å². The number of carbonyl (C=O) groups excluding carboxylic acids is 3. The third kappa shape index (κ3) is 13.5. The molecule has 5 rings (SSSR count). The number of phosphoric acid groups is 1. The van der Waals surface area contributed by atoms with Gasteiger partial charge in [0, 0.05) is 30.0 Å². The molecule has 3 N–H and O–H groups in total. The maximum absolute atomic E-state index is 16.0. The van der Waals surface area contributed by atoms with Gasteiger partial charge in [0.25, 0.3) is 5.91 Å². The van der Waals surface area contributed by atoms with Crippen molar-refractivity contribution >= 4 is 37.0 Å². The average molecular weight is 862 g/mol. The average Bonchev–Trinajstić information content (AvgIpc) is 3.98. The van der Waals surface area contributed by atoms with Crippen molar-refractivity contribution in [1.82, 2.24) is 10.3 Å². The Kier molecular flexibility index (Phi) is 14.7. The molecule has 3 aromatic rings. The van der Waals surface area contributed by atoms with E-state index in [1.54, 1.807) is 71.9 Å². The van der Waals surface area contributed by atoms with Gasteiger partial charge in [-0.05, 0) is 84.4 Å². The number of fused-ring (bicyclic) bond motifs is 1. The van der Waals surface area contributed by atoms with Gasteiger partial charge >= 0.3 is 20.0 Å². The van der Waals surface area contributed by atoms with E-state index in [0.717, 1.165) is 23.8 Å². The van der Waals surface area contributed by atoms with E-state index in [2.05, 4.69) is 10.3 Å². The molecule has 1 aromatic heterocycles. The molecule has 1 fully saturated rings. The second-order valence-electron chi connectivity index (χ2n) is 16.9. The molecule has 13 nitrogen and oxygen atoms in total. The van der Waals surface area contributed by atoms with Crippen LogP contribution in [0.3, 0.4) is 0 Å². The van der Waals surface area contributed by atoms with E-state index >= 15 is 4.39 Å². The summed E-state index contributed by atoms with van der Waals surface area (Å²) in [5, 5.41) is 2.96. The number of ether oxygens (including phenoxy) is 1. The van der Waals surface area contributed by atoms with Crippen LogP contribution >= 0.6 is 7.82 Å². The first kappa shape index (κ1) is 46.5. The van der Waals surface area contributed by atoms with Gasteiger partial charge in [0.1, 0.15) is 18.1 Å². The number of hydrogen-bond donors (Lipinski definition) is 2. The summed E-state index contributed by atoms with van der Waals surface area (Å²) in [4.78, 5) is 50.5. The Hall–Kier alpha value is -4.54. The number of halogens is 4. The van der Waals surface area contributed by atoms with E-state index in [1.165, 1.54) is 30.3 Å². The van der Waals surface area contributed by atoms with Crippen molar-refractivity contribution in [3.05, 3.63) is 95.1 Å². The first-order valence-electron chi connectivity index (χ1n) is 19.6. The third-order valence-electron chi connectivity index (χ3n) is 9.39. The van der Waals surface area contributed by atoms with Crippen LogP contribution in [0.1, 0.15) is 101 Å². The van der Waals surface area contributed by atoms with E-state index in [0.29, 0.717) is 12.0 Å². The lowest BCUT2D eigenvalue weighted by Crippen LogP contribution is -2.49. The Morgan fingerprint density at radius 1 is 0.950 bits per heavy atom. The number of nitrogens with zero attached hydrogens (tertiary/aromatic N) is 3. The van der Waals surface area contributed by atoms with Gasteiger partial charge < -0.3 is 10.5 Å². The molecule has 18 heteroatoms. The summed E-state index contributed by atoms with van der Waals surface area (Å²) in [7, 11) is -4.14. The van der Waals surface area contributed by atoms with Crippen molar-refractivity contribution in [2.75, 3.05) is 18.2 Å². The topological polar surface area (TPSA) is 172 Å². The van der Waals surface area contributed by atoms with Gasteiger partial charge in [-0.2, -0.15) is 13.2 Å². The summed E-state index contributed by atoms with van der Waals surface area (Å²) in [6, 6.07) is 17.0. The maximum atomic E-state index is 16.0. The molecule has 326 valence electrons. The molecular formula is C42H52F4N5O8P. The van der Waals surface area contributed by atoms with E-state index < -0.39 is 86.4 Å². The number of alkyl halides is 3. The van der Waals surface area contributed by atoms with Crippen LogP contribution in [0.15, 0.2) is 71.7 Å². The predicted molar refractivity (Wildman–Crippen MR) is 215 cm³/mol. The first-order chi connectivity index (χ1) is 28.0. The molecular weight excluding hydrogens is 809 g/mol. The van der Waals surface area contributed by atoms with Crippen LogP contribution in [0.5, 0.6) is 0 Å². The highest BCUT2D eigenvalue weighted by atomic mass is 31.2. The fourth-order valence-corrected chi connectivity index (χ4v) is 8.42. The van der Waals surface area contributed by atoms with E-state index in [9.17, 15) is 32.1 Å². The molecule has 60 heavy (non-hydrogen) atoms. The van der Waals surface area contributed by atoms with Crippen LogP contribution in [-0.4, -0.2) is 65.3 Å². The monoisotopic (exact) mass is 861 g/mol. The van der Waals surface area contributed by atoms with E-state index in [4.69, 9.17) is 29.0 Å². The van der Waals surface area contributed by atoms with E-state index in [-0.39, 0.29) is 47.4 Å². The number of esters is 1. The number of nitrogens with two attached hydrogens (primary N) is 1. The number of aliphatic imine (C=N–C) groups is 1. The Balaban J connectivity index is 1.42. The number of benzodiazepines with no additional fused rings is 1. The summed E-state index contributed by atoms with van der Waals surface area (Å²) in [5.41, 5.74) is 4.44. The largest absolute Gasteiger partial charge is 0.476 e. The van der Waals surface area contributed by atoms with Gasteiger partial charge in [-0.15, -0.1) is 0 Å². The number of primary amides is 1. The normalized spacial score (nSPS) is 17.4. The molecule has 0 radical (unpaired) electrons. The molecule has 1 aliphatic carbocycles. The summed E-state index contributed by atoms with van der Waals surface area (Å²) in [6.45, 7) is 8.60. The molecule has 0 spiro atoms. The zero-order valence-electron chi connectivity index (χ0n) is 34.5. The van der Waals surface area contributed by atoms with Crippen LogP contribution in [0.25, 0.3) is 0 Å². The molecule has 2 aromatic carbocycles. The van der Waals surface area contributed by atoms with Crippen molar-refractivity contribution < 1.29 is 54.8 Å². The number of phosphoric ester groups is 1. The van der Waals surface area contributed by atoms with Crippen molar-refractivity contribution in [3.8, 4) is 0 Å². The highest BCUT2D eigenvalue weighted by molar-refractivity contribution is 7.48. The molecule has 3 atom stereocenters. The molecule has 1 aliphatic heterocycles. The first-order valence-corrected chi connectivity index (χ1v) is 21.1. The zero-order chi connectivity index (χ0) is 44.0. The predicted octanol–water partition coefficient (Wildman–Crippen LogP) is 8.25. The van der Waals surface area contributed by atoms with Crippen LogP contribution in [0.2, 0.25) is 0 Å². The number of nitrogens with one attached hydrogen (secondary N) is 1. The maximum Gasteiger partial charge on any atom is 0.476 e. The Morgan fingerprint density at radius 3 is 2.20 bits per heavy atom. The van der Waals surface area contributed by atoms with Gasteiger partial charge in [0.05, 0.1) is 28.3 Å². The molecule has 1 saturated carbocycles. The molecule has 0 unspecified atom stereocenters. The van der Waals surface area contributed by atoms with Crippen LogP contribution in [0.4, 0.5) is 23.2 Å². The highest BCUT2D eigenvalue weighted by Gasteiger charge is 2.40. The zero-order valence-corrected chi connectivity index (χ0v) is 35.4. The fraction of sp³-hybridized carbons (Fsp3) is 0.500. The number of hydrogen-bond acceptors (Lipinski definition) is 11. The minimum absolute atomic E-state index is 0.156. The number of rotatable bonds is 18. The van der Waals surface area contributed by atoms with Crippen LogP contribution in [0, 0.1) is 23.6 Å². The minimum Gasteiger partial charge on any atom is -0.439 e. The second kappa shape index (κ2) is 19.0. The summed E-state index contributed by atoms with van der Waals surface area (Å²) in [5.74, 6) is -5.16. The number of amides is 2. The van der Waals surface area contributed by atoms with Gasteiger partial charge in [-0.25, -0.2) is 18.7 Å². The van der Waals surface area contributed by atoms with Gasteiger partial charge in [-0.3, -0.25) is 38.4 Å². The van der Waals surface area contributed by atoms with Crippen molar-refractivity contribution in [2.45, 2.75) is 104 Å². The SMILES string of the molecule is CC(C)(C)OP(=O)(OCc1cccc(C(=O)OCN2C(=O)[C@@H](NC[C@H](CCC(F)(F)F)[C@H](CC3CC3)C(N)=O)N=C(c3ccccc3)c3cccc(F)c32)n1)OC(C)(C)C. The highest BCUT2D eigenvalue weighted by Crippen LogP contribution is 2.56. The minimum atomic E-state index is -4.51. The number of pyridine rings is 1. The summed E-state index contributed by atoms with van der Waals surface area (Å²) >= 11 is 0. The van der Waals surface area contributed by atoms with Crippen molar-refractivity contribution in [3.63, 3.8) is 0 Å². The molecule has 2 heterocycles. The standard InChI is InChI=1S/C42H52F4N5O8P/c1-40(2,3)58-60(55,59-41(4,5)6)57-24-29-14-10-17-33(49-29)39(54)56-25-51-35-30(15-11-16-32(35)43)34(27-12-8-7-9-13-27)50-37(38(51)53)48-23-28(20-21-42(44,45)46)31(36(47)52)22-26-18-19-26/h7-17,26,28,31,37,48H,18-25H2,1-6H3,(H2,47,52)/t28-,31-,37-/m0/s1. The number of benzene rings is 2. The lowest BCUT2D eigenvalue weighted by atomic mass is 9.83. The molecule has 0 bridgehead atoms. The van der Waals surface area contributed by atoms with Gasteiger partial charge in [0.15, 0.2) is 12.9 Å². The van der Waals surface area contributed by atoms with Gasteiger partial charge in [0.2, 0.25) is 5.91 Å². The Bertz CT molecular complexity index is 2070. The smallest absolute Gasteiger partial charge is 0.439 e. The lowest BCUT2D eigenvalue weighted by Gasteiger charge is -2.30. The fourth-order valence-electron chi connectivity index (χ4n) is 6.65. The van der Waals surface area contributed by atoms with Crippen LogP contribution in [-0.2, 0) is 39.1 Å². The Labute approximate surface area is 347 Å². The second-order valence-corrected chi connectivity index (χ2v) is 18.4. The third-order valence-corrected chi connectivity index (χ3v) is 11.4. The molecule has 2 aliphatic rings. The summed E-state index contributed by atoms with van der Waals surface area (Å²) in [6.07, 6.45) is -5.69.